The molecule has 1 aliphatic rings. The molecule has 0 unspecified atom stereocenters. The first-order chi connectivity index (χ1) is 14.1. The Labute approximate surface area is 168 Å². The molecule has 0 bridgehead atoms. The van der Waals surface area contributed by atoms with E-state index in [1.165, 1.54) is 36.4 Å². The third kappa shape index (κ3) is 3.59. The molecule has 0 fully saturated rings. The van der Waals surface area contributed by atoms with Crippen LogP contribution in [0.2, 0.25) is 0 Å². The highest BCUT2D eigenvalue weighted by atomic mass is 32.2. The molecule has 156 valence electrons. The Hall–Kier alpha value is -3.11. The topological polar surface area (TPSA) is 78.6 Å². The summed E-state index contributed by atoms with van der Waals surface area (Å²) in [6.45, 7) is -0.105. The molecule has 1 heterocycles. The number of nitrogens with two attached hydrogens (primary N) is 1. The molecule has 0 atom stereocenters. The van der Waals surface area contributed by atoms with Gasteiger partial charge in [-0.2, -0.15) is 13.2 Å². The van der Waals surface area contributed by atoms with Crippen molar-refractivity contribution in [2.75, 3.05) is 6.79 Å². The van der Waals surface area contributed by atoms with Crippen LogP contribution < -0.4 is 14.6 Å². The average molecular weight is 439 g/mol. The Morgan fingerprint density at radius 3 is 2.13 bits per heavy atom. The maximum Gasteiger partial charge on any atom is 0.419 e. The van der Waals surface area contributed by atoms with E-state index in [2.05, 4.69) is 0 Å². The molecule has 2 N–H and O–H groups in total. The largest absolute Gasteiger partial charge is 0.454 e. The molecule has 0 saturated heterocycles. The van der Waals surface area contributed by atoms with E-state index >= 15 is 0 Å². The smallest absolute Gasteiger partial charge is 0.419 e. The second-order valence-corrected chi connectivity index (χ2v) is 8.01. The number of halogens is 4. The fraction of sp³-hybridized carbons (Fsp3) is 0.100. The summed E-state index contributed by atoms with van der Waals surface area (Å²) in [6.07, 6.45) is -4.91. The minimum atomic E-state index is -4.91. The molecule has 0 amide bonds. The molecular formula is C20H13F4NO4S. The van der Waals surface area contributed by atoms with E-state index in [1.807, 2.05) is 0 Å². The van der Waals surface area contributed by atoms with E-state index in [1.54, 1.807) is 6.07 Å². The fourth-order valence-corrected chi connectivity index (χ4v) is 4.00. The number of fused-ring (bicyclic) bond motifs is 1. The predicted octanol–water partition coefficient (Wildman–Crippen LogP) is 4.55. The van der Waals surface area contributed by atoms with Gasteiger partial charge in [-0.15, -0.1) is 0 Å². The van der Waals surface area contributed by atoms with Crippen molar-refractivity contribution >= 4 is 10.0 Å². The lowest BCUT2D eigenvalue weighted by molar-refractivity contribution is -0.139. The van der Waals surface area contributed by atoms with Gasteiger partial charge in [0.15, 0.2) is 11.5 Å². The number of hydrogen-bond acceptors (Lipinski definition) is 4. The standard InChI is InChI=1S/C20H13F4NO4S/c21-16-6-5-11(7-15(16)20(22,23)24)13-8-17-18(29-10-28-17)9-14(13)12-3-1-2-4-19(12)30(25,26)27/h1-9H,10H2,(H2,25,26,27). The van der Waals surface area contributed by atoms with Gasteiger partial charge in [0, 0.05) is 5.56 Å². The molecule has 0 aromatic heterocycles. The van der Waals surface area contributed by atoms with Gasteiger partial charge in [-0.3, -0.25) is 0 Å². The molecule has 4 rings (SSSR count). The zero-order chi connectivity index (χ0) is 21.7. The van der Waals surface area contributed by atoms with Gasteiger partial charge in [-0.05, 0) is 47.0 Å². The quantitative estimate of drug-likeness (QED) is 0.607. The van der Waals surface area contributed by atoms with Crippen LogP contribution >= 0.6 is 0 Å². The molecule has 0 saturated carbocycles. The van der Waals surface area contributed by atoms with Crippen LogP contribution in [0.3, 0.4) is 0 Å². The lowest BCUT2D eigenvalue weighted by Gasteiger charge is -2.16. The van der Waals surface area contributed by atoms with Crippen molar-refractivity contribution in [3.05, 3.63) is 66.0 Å². The third-order valence-electron chi connectivity index (χ3n) is 4.58. The minimum absolute atomic E-state index is 0.0150. The van der Waals surface area contributed by atoms with Crippen LogP contribution in [0.25, 0.3) is 22.3 Å². The number of ether oxygens (including phenoxy) is 2. The summed E-state index contributed by atoms with van der Waals surface area (Å²) in [7, 11) is -4.14. The van der Waals surface area contributed by atoms with Crippen LogP contribution in [-0.2, 0) is 16.2 Å². The van der Waals surface area contributed by atoms with Crippen molar-refractivity contribution in [1.29, 1.82) is 0 Å². The summed E-state index contributed by atoms with van der Waals surface area (Å²) >= 11 is 0. The van der Waals surface area contributed by atoms with E-state index in [9.17, 15) is 26.0 Å². The average Bonchev–Trinajstić information content (AvgIpc) is 3.13. The first-order valence-corrected chi connectivity index (χ1v) is 10.0. The van der Waals surface area contributed by atoms with Gasteiger partial charge in [0.1, 0.15) is 5.82 Å². The minimum Gasteiger partial charge on any atom is -0.454 e. The molecule has 0 aliphatic carbocycles. The van der Waals surface area contributed by atoms with Gasteiger partial charge < -0.3 is 9.47 Å². The second-order valence-electron chi connectivity index (χ2n) is 6.48. The number of benzene rings is 3. The first-order valence-electron chi connectivity index (χ1n) is 8.48. The van der Waals surface area contributed by atoms with E-state index in [-0.39, 0.29) is 45.4 Å². The van der Waals surface area contributed by atoms with Crippen molar-refractivity contribution in [3.8, 4) is 33.8 Å². The van der Waals surface area contributed by atoms with E-state index in [0.717, 1.165) is 0 Å². The Balaban J connectivity index is 2.02. The number of alkyl halides is 3. The zero-order valence-electron chi connectivity index (χ0n) is 15.0. The zero-order valence-corrected chi connectivity index (χ0v) is 15.9. The van der Waals surface area contributed by atoms with Crippen LogP contribution in [0, 0.1) is 5.82 Å². The van der Waals surface area contributed by atoms with Crippen molar-refractivity contribution in [2.24, 2.45) is 5.14 Å². The van der Waals surface area contributed by atoms with E-state index in [4.69, 9.17) is 14.6 Å². The highest BCUT2D eigenvalue weighted by Crippen LogP contribution is 2.45. The summed E-state index contributed by atoms with van der Waals surface area (Å²) < 4.78 is 88.2. The van der Waals surface area contributed by atoms with Crippen LogP contribution in [0.15, 0.2) is 59.5 Å². The molecule has 3 aromatic carbocycles. The molecule has 0 spiro atoms. The highest BCUT2D eigenvalue weighted by Gasteiger charge is 2.34. The number of sulfonamides is 1. The Bertz CT molecular complexity index is 1260. The maximum absolute atomic E-state index is 13.8. The lowest BCUT2D eigenvalue weighted by atomic mass is 9.92. The Morgan fingerprint density at radius 2 is 1.50 bits per heavy atom. The van der Waals surface area contributed by atoms with E-state index < -0.39 is 27.6 Å². The van der Waals surface area contributed by atoms with Gasteiger partial charge in [-0.25, -0.2) is 17.9 Å². The van der Waals surface area contributed by atoms with Crippen LogP contribution in [-0.4, -0.2) is 15.2 Å². The third-order valence-corrected chi connectivity index (χ3v) is 5.55. The molecule has 5 nitrogen and oxygen atoms in total. The van der Waals surface area contributed by atoms with Crippen LogP contribution in [0.4, 0.5) is 17.6 Å². The van der Waals surface area contributed by atoms with E-state index in [0.29, 0.717) is 12.1 Å². The monoisotopic (exact) mass is 439 g/mol. The van der Waals surface area contributed by atoms with Gasteiger partial charge in [-0.1, -0.05) is 24.3 Å². The van der Waals surface area contributed by atoms with Crippen molar-refractivity contribution < 1.29 is 35.5 Å². The molecule has 30 heavy (non-hydrogen) atoms. The molecule has 3 aromatic rings. The molecule has 0 radical (unpaired) electrons. The molecular weight excluding hydrogens is 426 g/mol. The van der Waals surface area contributed by atoms with Crippen molar-refractivity contribution in [1.82, 2.24) is 0 Å². The van der Waals surface area contributed by atoms with Crippen molar-refractivity contribution in [2.45, 2.75) is 11.1 Å². The van der Waals surface area contributed by atoms with Crippen molar-refractivity contribution in [3.63, 3.8) is 0 Å². The van der Waals surface area contributed by atoms with Crippen LogP contribution in [0.5, 0.6) is 11.5 Å². The Morgan fingerprint density at radius 1 is 0.867 bits per heavy atom. The van der Waals surface area contributed by atoms with Gasteiger partial charge in [0.2, 0.25) is 16.8 Å². The van der Waals surface area contributed by atoms with Gasteiger partial charge >= 0.3 is 6.18 Å². The summed E-state index contributed by atoms with van der Waals surface area (Å²) in [5, 5.41) is 5.32. The highest BCUT2D eigenvalue weighted by molar-refractivity contribution is 7.89. The molecule has 1 aliphatic heterocycles. The normalized spacial score (nSPS) is 13.5. The maximum atomic E-state index is 13.8. The summed E-state index contributed by atoms with van der Waals surface area (Å²) in [4.78, 5) is -0.219. The SMILES string of the molecule is NS(=O)(=O)c1ccccc1-c1cc2c(cc1-c1ccc(F)c(C(F)(F)F)c1)OCO2. The Kier molecular flexibility index (Phi) is 4.70. The molecule has 10 heteroatoms. The fourth-order valence-electron chi connectivity index (χ4n) is 3.25. The first kappa shape index (κ1) is 20.2. The number of rotatable bonds is 3. The van der Waals surface area contributed by atoms with Crippen LogP contribution in [0.1, 0.15) is 5.56 Å². The summed E-state index contributed by atoms with van der Waals surface area (Å²) in [5.74, 6) is -0.866. The van der Waals surface area contributed by atoms with Gasteiger partial charge in [0.05, 0.1) is 10.5 Å². The second kappa shape index (κ2) is 6.99. The number of hydrogen-bond donors (Lipinski definition) is 1. The summed E-state index contributed by atoms with van der Waals surface area (Å²) in [5.41, 5.74) is -0.833. The summed E-state index contributed by atoms with van der Waals surface area (Å²) in [6, 6.07) is 11.2. The lowest BCUT2D eigenvalue weighted by Crippen LogP contribution is -2.13. The predicted molar refractivity (Wildman–Crippen MR) is 99.8 cm³/mol. The number of primary sulfonamides is 1. The van der Waals surface area contributed by atoms with Gasteiger partial charge in [0.25, 0.3) is 0 Å².